The van der Waals surface area contributed by atoms with Crippen LogP contribution in [-0.2, 0) is 9.53 Å². The molecule has 14 heteroatoms. The number of ether oxygens (including phenoxy) is 1. The standard InChI is InChI=1S/C19H20N8O6/c1-21-17(30)14-12(28)13(29)19(32-14)27-8-22-11-15(20)24-10(25-16(11)27)4-3-7-26(2)18(31)9-5-6-23-33-9/h5-6,8,12-14,19,28-29H,7H2,1-2H3,(H,21,30)(H2,20,24,25)/t12?,13-,14+,19-/m1/s1. The lowest BCUT2D eigenvalue weighted by molar-refractivity contribution is -0.137. The summed E-state index contributed by atoms with van der Waals surface area (Å²) in [5, 5.41) is 26.5. The molecule has 0 spiro atoms. The first-order chi connectivity index (χ1) is 15.8. The Kier molecular flexibility index (Phi) is 5.92. The smallest absolute Gasteiger partial charge is 0.292 e. The monoisotopic (exact) mass is 456 g/mol. The van der Waals surface area contributed by atoms with Gasteiger partial charge in [-0.25, -0.2) is 15.0 Å². The van der Waals surface area contributed by atoms with Gasteiger partial charge in [-0.05, 0) is 5.92 Å². The van der Waals surface area contributed by atoms with Crippen LogP contribution in [0.4, 0.5) is 5.82 Å². The predicted octanol–water partition coefficient (Wildman–Crippen LogP) is -2.11. The Morgan fingerprint density at radius 2 is 2.12 bits per heavy atom. The van der Waals surface area contributed by atoms with Crippen LogP contribution in [0.5, 0.6) is 0 Å². The summed E-state index contributed by atoms with van der Waals surface area (Å²) < 4.78 is 11.7. The number of nitrogens with one attached hydrogen (secondary N) is 1. The molecule has 1 aliphatic heterocycles. The number of fused-ring (bicyclic) bond motifs is 1. The summed E-state index contributed by atoms with van der Waals surface area (Å²) in [6.45, 7) is 0.0462. The van der Waals surface area contributed by atoms with E-state index in [4.69, 9.17) is 15.0 Å². The van der Waals surface area contributed by atoms with E-state index >= 15 is 0 Å². The third kappa shape index (κ3) is 4.07. The van der Waals surface area contributed by atoms with Gasteiger partial charge in [-0.2, -0.15) is 0 Å². The highest BCUT2D eigenvalue weighted by molar-refractivity contribution is 5.91. The number of hydrogen-bond donors (Lipinski definition) is 4. The summed E-state index contributed by atoms with van der Waals surface area (Å²) in [7, 11) is 2.93. The molecule has 3 aromatic rings. The number of nitrogens with zero attached hydrogens (tertiary/aromatic N) is 6. The Balaban J connectivity index is 1.58. The van der Waals surface area contributed by atoms with Crippen LogP contribution >= 0.6 is 0 Å². The van der Waals surface area contributed by atoms with Gasteiger partial charge in [-0.15, -0.1) is 0 Å². The van der Waals surface area contributed by atoms with Crippen molar-refractivity contribution in [2.45, 2.75) is 24.5 Å². The SMILES string of the molecule is CNC(=O)[C@H]1O[C@@H](n2cnc3c(N)nc(C#CCN(C)C(=O)c4ccno4)nc32)[C@H](O)C1O. The molecule has 0 aromatic carbocycles. The number of carbonyl (C=O) groups excluding carboxylic acids is 2. The highest BCUT2D eigenvalue weighted by Gasteiger charge is 2.47. The van der Waals surface area contributed by atoms with Crippen LogP contribution in [0.2, 0.25) is 0 Å². The highest BCUT2D eigenvalue weighted by Crippen LogP contribution is 2.32. The number of imidazole rings is 1. The first-order valence-corrected chi connectivity index (χ1v) is 9.70. The first-order valence-electron chi connectivity index (χ1n) is 9.70. The number of amides is 2. The molecule has 33 heavy (non-hydrogen) atoms. The van der Waals surface area contributed by atoms with Gasteiger partial charge in [0.1, 0.15) is 17.7 Å². The molecular formula is C19H20N8O6. The molecule has 0 radical (unpaired) electrons. The normalized spacial score (nSPS) is 22.1. The zero-order chi connectivity index (χ0) is 23.7. The van der Waals surface area contributed by atoms with Gasteiger partial charge in [0.15, 0.2) is 23.8 Å². The molecule has 4 rings (SSSR count). The van der Waals surface area contributed by atoms with Crippen molar-refractivity contribution in [3.8, 4) is 11.8 Å². The van der Waals surface area contributed by atoms with Crippen LogP contribution in [0.25, 0.3) is 11.2 Å². The maximum atomic E-state index is 12.2. The molecule has 1 aliphatic rings. The molecule has 172 valence electrons. The summed E-state index contributed by atoms with van der Waals surface area (Å²) >= 11 is 0. The van der Waals surface area contributed by atoms with Gasteiger partial charge in [0.25, 0.3) is 11.8 Å². The lowest BCUT2D eigenvalue weighted by Gasteiger charge is -2.16. The minimum atomic E-state index is -1.46. The quantitative estimate of drug-likeness (QED) is 0.314. The van der Waals surface area contributed by atoms with Gasteiger partial charge in [-0.1, -0.05) is 11.1 Å². The molecule has 14 nitrogen and oxygen atoms in total. The summed E-state index contributed by atoms with van der Waals surface area (Å²) in [6.07, 6.45) is -2.63. The van der Waals surface area contributed by atoms with Gasteiger partial charge in [0.2, 0.25) is 11.6 Å². The Labute approximate surface area is 186 Å². The van der Waals surface area contributed by atoms with Crippen molar-refractivity contribution in [3.63, 3.8) is 0 Å². The van der Waals surface area contributed by atoms with E-state index in [1.165, 1.54) is 35.1 Å². The molecule has 0 saturated carbocycles. The Bertz CT molecular complexity index is 1250. The number of aliphatic hydroxyl groups excluding tert-OH is 2. The highest BCUT2D eigenvalue weighted by atomic mass is 16.6. The fourth-order valence-electron chi connectivity index (χ4n) is 3.25. The summed E-state index contributed by atoms with van der Waals surface area (Å²) in [6, 6.07) is 1.44. The van der Waals surface area contributed by atoms with Crippen LogP contribution in [-0.4, -0.2) is 90.6 Å². The van der Waals surface area contributed by atoms with Gasteiger partial charge in [-0.3, -0.25) is 14.2 Å². The van der Waals surface area contributed by atoms with E-state index in [1.807, 2.05) is 0 Å². The van der Waals surface area contributed by atoms with Gasteiger partial charge < -0.3 is 35.4 Å². The van der Waals surface area contributed by atoms with Gasteiger partial charge in [0, 0.05) is 20.2 Å². The average Bonchev–Trinajstić information content (AvgIpc) is 3.54. The Morgan fingerprint density at radius 3 is 2.82 bits per heavy atom. The molecule has 0 aliphatic carbocycles. The van der Waals surface area contributed by atoms with Crippen molar-refractivity contribution in [2.75, 3.05) is 26.4 Å². The van der Waals surface area contributed by atoms with E-state index in [1.54, 1.807) is 7.05 Å². The largest absolute Gasteiger partial charge is 0.387 e. The van der Waals surface area contributed by atoms with E-state index in [2.05, 4.69) is 37.3 Å². The van der Waals surface area contributed by atoms with Crippen LogP contribution in [0.1, 0.15) is 22.6 Å². The van der Waals surface area contributed by atoms with Gasteiger partial charge in [0.05, 0.1) is 19.1 Å². The number of hydrogen-bond acceptors (Lipinski definition) is 11. The second-order valence-electron chi connectivity index (χ2n) is 7.14. The lowest BCUT2D eigenvalue weighted by atomic mass is 10.1. The average molecular weight is 456 g/mol. The molecular weight excluding hydrogens is 436 g/mol. The number of carbonyl (C=O) groups is 2. The topological polar surface area (TPSA) is 195 Å². The van der Waals surface area contributed by atoms with Crippen LogP contribution in [0.15, 0.2) is 23.1 Å². The van der Waals surface area contributed by atoms with Crippen molar-refractivity contribution in [2.24, 2.45) is 0 Å². The molecule has 1 unspecified atom stereocenters. The third-order valence-corrected chi connectivity index (χ3v) is 4.98. The van der Waals surface area contributed by atoms with Crippen LogP contribution in [0, 0.1) is 11.8 Å². The minimum absolute atomic E-state index is 0.0324. The third-order valence-electron chi connectivity index (χ3n) is 4.98. The van der Waals surface area contributed by atoms with Crippen LogP contribution < -0.4 is 11.1 Å². The summed E-state index contributed by atoms with van der Waals surface area (Å²) in [5.74, 6) is 4.67. The molecule has 4 heterocycles. The van der Waals surface area contributed by atoms with Gasteiger partial charge >= 0.3 is 0 Å². The Morgan fingerprint density at radius 1 is 1.33 bits per heavy atom. The zero-order valence-electron chi connectivity index (χ0n) is 17.5. The number of aliphatic hydroxyl groups is 2. The lowest BCUT2D eigenvalue weighted by Crippen LogP contribution is -2.41. The maximum absolute atomic E-state index is 12.2. The number of nitrogen functional groups attached to an aromatic ring is 1. The summed E-state index contributed by atoms with van der Waals surface area (Å²) in [5.41, 5.74) is 6.39. The van der Waals surface area contributed by atoms with E-state index in [-0.39, 0.29) is 35.1 Å². The van der Waals surface area contributed by atoms with E-state index < -0.39 is 36.4 Å². The number of rotatable bonds is 4. The second kappa shape index (κ2) is 8.82. The van der Waals surface area contributed by atoms with Crippen molar-refractivity contribution in [1.82, 2.24) is 34.9 Å². The fourth-order valence-corrected chi connectivity index (χ4v) is 3.25. The molecule has 0 bridgehead atoms. The molecule has 3 aromatic heterocycles. The van der Waals surface area contributed by atoms with Crippen molar-refractivity contribution in [3.05, 3.63) is 30.2 Å². The minimum Gasteiger partial charge on any atom is -0.387 e. The number of likely N-dealkylation sites (N-methyl/N-ethyl adjacent to an activating group) is 1. The number of anilines is 1. The number of aromatic nitrogens is 5. The van der Waals surface area contributed by atoms with E-state index in [0.29, 0.717) is 0 Å². The first kappa shape index (κ1) is 22.1. The Hall–Kier alpha value is -4.06. The summed E-state index contributed by atoms with van der Waals surface area (Å²) in [4.78, 5) is 37.9. The fraction of sp³-hybridized carbons (Fsp3) is 0.368. The molecule has 4 atom stereocenters. The zero-order valence-corrected chi connectivity index (χ0v) is 17.5. The predicted molar refractivity (Wildman–Crippen MR) is 110 cm³/mol. The van der Waals surface area contributed by atoms with E-state index in [9.17, 15) is 19.8 Å². The molecule has 1 fully saturated rings. The maximum Gasteiger partial charge on any atom is 0.292 e. The number of nitrogens with two attached hydrogens (primary N) is 1. The van der Waals surface area contributed by atoms with Crippen molar-refractivity contribution >= 4 is 28.8 Å². The second-order valence-corrected chi connectivity index (χ2v) is 7.14. The molecule has 5 N–H and O–H groups in total. The van der Waals surface area contributed by atoms with Crippen molar-refractivity contribution < 1.29 is 29.1 Å². The molecule has 2 amide bonds. The van der Waals surface area contributed by atoms with E-state index in [0.717, 1.165) is 0 Å². The van der Waals surface area contributed by atoms with Crippen LogP contribution in [0.3, 0.4) is 0 Å². The molecule has 1 saturated heterocycles. The van der Waals surface area contributed by atoms with Crippen molar-refractivity contribution in [1.29, 1.82) is 0 Å².